The van der Waals surface area contributed by atoms with Gasteiger partial charge in [-0.05, 0) is 49.7 Å². The molecule has 3 aromatic rings. The molecule has 8 heteroatoms. The maximum absolute atomic E-state index is 12.7. The number of nitrogens with zero attached hydrogens (tertiary/aromatic N) is 1. The van der Waals surface area contributed by atoms with Crippen LogP contribution in [0.1, 0.15) is 52.5 Å². The molecular formula is C24H23N3O5. The number of methoxy groups -OCH3 is 1. The number of ketones is 1. The third-order valence-corrected chi connectivity index (χ3v) is 5.06. The average molecular weight is 433 g/mol. The lowest BCUT2D eigenvalue weighted by molar-refractivity contribution is 0.0620. The first-order chi connectivity index (χ1) is 15.2. The van der Waals surface area contributed by atoms with Crippen molar-refractivity contribution in [2.45, 2.75) is 32.3 Å². The number of hydrogen-bond donors (Lipinski definition) is 2. The second-order valence-electron chi connectivity index (χ2n) is 8.23. The predicted molar refractivity (Wildman–Crippen MR) is 119 cm³/mol. The number of H-pyrrole nitrogens is 1. The summed E-state index contributed by atoms with van der Waals surface area (Å²) in [4.78, 5) is 44.3. The topological polar surface area (TPSA) is 110 Å². The number of carbonyl (C=O) groups excluding carboxylic acids is 2. The van der Waals surface area contributed by atoms with Crippen LogP contribution in [0.25, 0.3) is 0 Å². The van der Waals surface area contributed by atoms with Crippen molar-refractivity contribution in [3.05, 3.63) is 81.5 Å². The Morgan fingerprint density at radius 3 is 2.62 bits per heavy atom. The van der Waals surface area contributed by atoms with Crippen LogP contribution in [0.2, 0.25) is 0 Å². The molecule has 4 rings (SSSR count). The fraction of sp³-hybridized carbons (Fsp3) is 0.250. The number of amides is 1. The molecule has 0 saturated heterocycles. The number of hydrogen-bond acceptors (Lipinski definition) is 6. The first kappa shape index (κ1) is 21.3. The first-order valence-electron chi connectivity index (χ1n) is 10.1. The number of rotatable bonds is 5. The van der Waals surface area contributed by atoms with Crippen molar-refractivity contribution in [1.82, 2.24) is 9.97 Å². The summed E-state index contributed by atoms with van der Waals surface area (Å²) in [5.41, 5.74) is 0.737. The fourth-order valence-corrected chi connectivity index (χ4v) is 3.57. The summed E-state index contributed by atoms with van der Waals surface area (Å²) < 4.78 is 11.0. The third-order valence-electron chi connectivity index (χ3n) is 5.06. The van der Waals surface area contributed by atoms with E-state index in [4.69, 9.17) is 9.47 Å². The molecule has 0 bridgehead atoms. The van der Waals surface area contributed by atoms with Gasteiger partial charge in [0.25, 0.3) is 11.5 Å². The van der Waals surface area contributed by atoms with E-state index in [-0.39, 0.29) is 17.9 Å². The Bertz CT molecular complexity index is 1250. The Morgan fingerprint density at radius 2 is 1.91 bits per heavy atom. The molecule has 2 heterocycles. The zero-order chi connectivity index (χ0) is 22.9. The van der Waals surface area contributed by atoms with Gasteiger partial charge in [0.05, 0.1) is 19.1 Å². The molecule has 0 fully saturated rings. The second-order valence-corrected chi connectivity index (χ2v) is 8.23. The maximum Gasteiger partial charge on any atom is 0.274 e. The Balaban J connectivity index is 1.53. The maximum atomic E-state index is 12.7. The monoisotopic (exact) mass is 433 g/mol. The summed E-state index contributed by atoms with van der Waals surface area (Å²) in [5, 5.41) is 2.70. The minimum Gasteiger partial charge on any atom is -0.497 e. The molecule has 32 heavy (non-hydrogen) atoms. The van der Waals surface area contributed by atoms with Crippen LogP contribution < -0.4 is 20.3 Å². The molecule has 164 valence electrons. The SMILES string of the molecule is COc1ccc(Cc2nc(C(=O)Nc3ccc4c(c3)C(=O)CC(C)(C)O4)cc(=O)[nH]2)cc1. The Kier molecular flexibility index (Phi) is 5.52. The lowest BCUT2D eigenvalue weighted by Crippen LogP contribution is -2.35. The number of benzene rings is 2. The highest BCUT2D eigenvalue weighted by molar-refractivity contribution is 6.05. The van der Waals surface area contributed by atoms with Crippen LogP contribution in [0.5, 0.6) is 11.5 Å². The average Bonchev–Trinajstić information content (AvgIpc) is 2.73. The lowest BCUT2D eigenvalue weighted by Gasteiger charge is -2.31. The van der Waals surface area contributed by atoms with Crippen molar-refractivity contribution in [3.8, 4) is 11.5 Å². The Morgan fingerprint density at radius 1 is 1.16 bits per heavy atom. The van der Waals surface area contributed by atoms with E-state index in [0.29, 0.717) is 29.2 Å². The summed E-state index contributed by atoms with van der Waals surface area (Å²) in [5.74, 6) is 0.977. The number of aromatic amines is 1. The number of ether oxygens (including phenoxy) is 2. The molecule has 0 spiro atoms. The molecule has 1 aliphatic rings. The molecule has 1 aromatic heterocycles. The van der Waals surface area contributed by atoms with Crippen molar-refractivity contribution in [2.75, 3.05) is 12.4 Å². The fourth-order valence-electron chi connectivity index (χ4n) is 3.57. The zero-order valence-electron chi connectivity index (χ0n) is 18.0. The van der Waals surface area contributed by atoms with Gasteiger partial charge >= 0.3 is 0 Å². The van der Waals surface area contributed by atoms with Crippen molar-refractivity contribution < 1.29 is 19.1 Å². The molecule has 1 amide bonds. The second kappa shape index (κ2) is 8.30. The van der Waals surface area contributed by atoms with E-state index in [1.807, 2.05) is 38.1 Å². The van der Waals surface area contributed by atoms with Crippen LogP contribution in [0.3, 0.4) is 0 Å². The lowest BCUT2D eigenvalue weighted by atomic mass is 9.93. The van der Waals surface area contributed by atoms with E-state index in [1.165, 1.54) is 0 Å². The predicted octanol–water partition coefficient (Wildman–Crippen LogP) is 3.37. The van der Waals surface area contributed by atoms with Gasteiger partial charge in [-0.1, -0.05) is 12.1 Å². The van der Waals surface area contributed by atoms with Crippen LogP contribution >= 0.6 is 0 Å². The molecule has 0 aliphatic carbocycles. The van der Waals surface area contributed by atoms with Gasteiger partial charge in [-0.25, -0.2) is 4.98 Å². The van der Waals surface area contributed by atoms with Crippen molar-refractivity contribution in [1.29, 1.82) is 0 Å². The van der Waals surface area contributed by atoms with Crippen LogP contribution in [0.15, 0.2) is 53.3 Å². The highest BCUT2D eigenvalue weighted by Gasteiger charge is 2.32. The summed E-state index contributed by atoms with van der Waals surface area (Å²) >= 11 is 0. The minimum absolute atomic E-state index is 0.0151. The molecule has 2 aromatic carbocycles. The number of fused-ring (bicyclic) bond motifs is 1. The molecule has 0 saturated carbocycles. The third kappa shape index (κ3) is 4.69. The normalized spacial score (nSPS) is 14.3. The molecule has 8 nitrogen and oxygen atoms in total. The van der Waals surface area contributed by atoms with Gasteiger partial charge in [0.1, 0.15) is 28.6 Å². The number of carbonyl (C=O) groups is 2. The molecule has 0 atom stereocenters. The van der Waals surface area contributed by atoms with Gasteiger partial charge in [0, 0.05) is 18.2 Å². The molecule has 0 radical (unpaired) electrons. The van der Waals surface area contributed by atoms with Gasteiger partial charge in [0.2, 0.25) is 0 Å². The summed E-state index contributed by atoms with van der Waals surface area (Å²) in [7, 11) is 1.59. The van der Waals surface area contributed by atoms with E-state index < -0.39 is 17.1 Å². The number of anilines is 1. The van der Waals surface area contributed by atoms with Crippen molar-refractivity contribution in [3.63, 3.8) is 0 Å². The van der Waals surface area contributed by atoms with Gasteiger partial charge in [-0.2, -0.15) is 0 Å². The summed E-state index contributed by atoms with van der Waals surface area (Å²) in [6, 6.07) is 13.4. The minimum atomic E-state index is -0.565. The Labute approximate surface area is 184 Å². The largest absolute Gasteiger partial charge is 0.497 e. The highest BCUT2D eigenvalue weighted by atomic mass is 16.5. The number of aromatic nitrogens is 2. The number of Topliss-reactive ketones (excluding diaryl/α,β-unsaturated/α-hetero) is 1. The van der Waals surface area contributed by atoms with Gasteiger partial charge in [-0.15, -0.1) is 0 Å². The van der Waals surface area contributed by atoms with E-state index in [2.05, 4.69) is 15.3 Å². The molecule has 1 aliphatic heterocycles. The van der Waals surface area contributed by atoms with Gasteiger partial charge < -0.3 is 19.8 Å². The van der Waals surface area contributed by atoms with Gasteiger partial charge in [0.15, 0.2) is 5.78 Å². The van der Waals surface area contributed by atoms with E-state index in [9.17, 15) is 14.4 Å². The van der Waals surface area contributed by atoms with Crippen LogP contribution in [-0.4, -0.2) is 34.4 Å². The Hall–Kier alpha value is -3.94. The van der Waals surface area contributed by atoms with Crippen LogP contribution in [-0.2, 0) is 6.42 Å². The number of nitrogens with one attached hydrogen (secondary N) is 2. The summed E-state index contributed by atoms with van der Waals surface area (Å²) in [6.07, 6.45) is 0.600. The van der Waals surface area contributed by atoms with Crippen molar-refractivity contribution in [2.24, 2.45) is 0 Å². The van der Waals surface area contributed by atoms with Crippen molar-refractivity contribution >= 4 is 17.4 Å². The van der Waals surface area contributed by atoms with E-state index >= 15 is 0 Å². The zero-order valence-corrected chi connectivity index (χ0v) is 18.0. The molecule has 0 unspecified atom stereocenters. The van der Waals surface area contributed by atoms with E-state index in [1.54, 1.807) is 25.3 Å². The molecule has 2 N–H and O–H groups in total. The summed E-state index contributed by atoms with van der Waals surface area (Å²) in [6.45, 7) is 3.71. The first-order valence-corrected chi connectivity index (χ1v) is 10.1. The van der Waals surface area contributed by atoms with Crippen LogP contribution in [0.4, 0.5) is 5.69 Å². The highest BCUT2D eigenvalue weighted by Crippen LogP contribution is 2.34. The standard InChI is InChI=1S/C24H23N3O5/c1-24(2)13-19(28)17-11-15(6-9-20(17)32-24)25-23(30)18-12-22(29)27-21(26-18)10-14-4-7-16(31-3)8-5-14/h4-9,11-12H,10,13H2,1-3H3,(H,25,30)(H,26,27,29). The van der Waals surface area contributed by atoms with E-state index in [0.717, 1.165) is 17.4 Å². The quantitative estimate of drug-likeness (QED) is 0.638. The van der Waals surface area contributed by atoms with Gasteiger partial charge in [-0.3, -0.25) is 14.4 Å². The smallest absolute Gasteiger partial charge is 0.274 e. The molecular weight excluding hydrogens is 410 g/mol. The van der Waals surface area contributed by atoms with Crippen LogP contribution in [0, 0.1) is 0 Å².